The molecule has 0 aliphatic rings. The Morgan fingerprint density at radius 1 is 0.857 bits per heavy atom. The summed E-state index contributed by atoms with van der Waals surface area (Å²) in [6.07, 6.45) is 8.11. The van der Waals surface area contributed by atoms with E-state index in [0.717, 1.165) is 19.7 Å². The molecule has 3 heteroatoms. The van der Waals surface area contributed by atoms with Gasteiger partial charge >= 0.3 is 0 Å². The van der Waals surface area contributed by atoms with Gasteiger partial charge in [-0.1, -0.05) is 39.0 Å². The van der Waals surface area contributed by atoms with E-state index in [0.29, 0.717) is 0 Å². The van der Waals surface area contributed by atoms with E-state index in [4.69, 9.17) is 4.74 Å². The molecular weight excluding hydrogens is 176 g/mol. The molecule has 0 rings (SSSR count). The minimum absolute atomic E-state index is 0.767. The number of hydrazine groups is 1. The topological polar surface area (TPSA) is 33.3 Å². The van der Waals surface area contributed by atoms with Crippen molar-refractivity contribution in [3.05, 3.63) is 0 Å². The lowest BCUT2D eigenvalue weighted by molar-refractivity contribution is 0.195. The lowest BCUT2D eigenvalue weighted by Crippen LogP contribution is -2.34. The van der Waals surface area contributed by atoms with E-state index in [2.05, 4.69) is 17.8 Å². The van der Waals surface area contributed by atoms with Crippen molar-refractivity contribution in [3.63, 3.8) is 0 Å². The van der Waals surface area contributed by atoms with Crippen molar-refractivity contribution >= 4 is 0 Å². The number of hydrogen-bond donors (Lipinski definition) is 2. The molecule has 0 spiro atoms. The zero-order valence-electron chi connectivity index (χ0n) is 9.77. The van der Waals surface area contributed by atoms with E-state index >= 15 is 0 Å². The fraction of sp³-hybridized carbons (Fsp3) is 1.00. The normalized spacial score (nSPS) is 10.7. The molecule has 0 aromatic rings. The average molecular weight is 202 g/mol. The van der Waals surface area contributed by atoms with Crippen LogP contribution in [0.25, 0.3) is 0 Å². The zero-order chi connectivity index (χ0) is 10.5. The largest absolute Gasteiger partial charge is 0.383 e. The van der Waals surface area contributed by atoms with Gasteiger partial charge < -0.3 is 4.74 Å². The number of rotatable bonds is 11. The predicted molar refractivity (Wildman–Crippen MR) is 61.3 cm³/mol. The molecule has 0 heterocycles. The number of ether oxygens (including phenoxy) is 1. The van der Waals surface area contributed by atoms with Crippen LogP contribution in [0.5, 0.6) is 0 Å². The number of hydrogen-bond acceptors (Lipinski definition) is 3. The predicted octanol–water partition coefficient (Wildman–Crippen LogP) is 2.09. The summed E-state index contributed by atoms with van der Waals surface area (Å²) in [5, 5.41) is 0. The van der Waals surface area contributed by atoms with Gasteiger partial charge in [0.05, 0.1) is 6.61 Å². The Balaban J connectivity index is 2.78. The van der Waals surface area contributed by atoms with E-state index < -0.39 is 0 Å². The highest BCUT2D eigenvalue weighted by molar-refractivity contribution is 4.46. The second kappa shape index (κ2) is 12.9. The maximum absolute atomic E-state index is 4.91. The van der Waals surface area contributed by atoms with Gasteiger partial charge in [0, 0.05) is 20.2 Å². The van der Waals surface area contributed by atoms with Crippen LogP contribution in [0.4, 0.5) is 0 Å². The Morgan fingerprint density at radius 3 is 2.21 bits per heavy atom. The minimum Gasteiger partial charge on any atom is -0.383 e. The molecule has 0 saturated heterocycles. The second-order valence-electron chi connectivity index (χ2n) is 3.61. The highest BCUT2D eigenvalue weighted by Gasteiger charge is 1.89. The Kier molecular flexibility index (Phi) is 12.8. The first kappa shape index (κ1) is 13.9. The van der Waals surface area contributed by atoms with Gasteiger partial charge in [0.1, 0.15) is 0 Å². The van der Waals surface area contributed by atoms with E-state index in [-0.39, 0.29) is 0 Å². The summed E-state index contributed by atoms with van der Waals surface area (Å²) in [6.45, 7) is 4.97. The summed E-state index contributed by atoms with van der Waals surface area (Å²) in [6, 6.07) is 0. The molecule has 0 fully saturated rings. The molecule has 14 heavy (non-hydrogen) atoms. The molecule has 2 N–H and O–H groups in total. The molecule has 0 aliphatic carbocycles. The first-order valence-corrected chi connectivity index (χ1v) is 5.86. The van der Waals surface area contributed by atoms with E-state index in [1.807, 2.05) is 0 Å². The molecule has 3 nitrogen and oxygen atoms in total. The minimum atomic E-state index is 0.767. The Morgan fingerprint density at radius 2 is 1.50 bits per heavy atom. The maximum Gasteiger partial charge on any atom is 0.0601 e. The summed E-state index contributed by atoms with van der Waals surface area (Å²) in [5.74, 6) is 0. The summed E-state index contributed by atoms with van der Waals surface area (Å²) in [4.78, 5) is 0. The maximum atomic E-state index is 4.91. The molecular formula is C11H26N2O. The van der Waals surface area contributed by atoms with Crippen molar-refractivity contribution < 1.29 is 4.74 Å². The van der Waals surface area contributed by atoms with Gasteiger partial charge in [0.2, 0.25) is 0 Å². The highest BCUT2D eigenvalue weighted by Crippen LogP contribution is 2.03. The van der Waals surface area contributed by atoms with E-state index in [1.165, 1.54) is 38.5 Å². The monoisotopic (exact) mass is 202 g/mol. The van der Waals surface area contributed by atoms with Crippen LogP contribution in [0.3, 0.4) is 0 Å². The number of nitrogens with one attached hydrogen (secondary N) is 2. The van der Waals surface area contributed by atoms with Gasteiger partial charge in [0.15, 0.2) is 0 Å². The van der Waals surface area contributed by atoms with Crippen molar-refractivity contribution in [1.82, 2.24) is 10.9 Å². The highest BCUT2D eigenvalue weighted by atomic mass is 16.5. The van der Waals surface area contributed by atoms with Crippen LogP contribution in [0.1, 0.15) is 45.4 Å². The third kappa shape index (κ3) is 11.9. The molecule has 0 atom stereocenters. The van der Waals surface area contributed by atoms with Crippen LogP contribution in [0.2, 0.25) is 0 Å². The molecule has 0 aliphatic heterocycles. The molecule has 0 unspecified atom stereocenters. The van der Waals surface area contributed by atoms with Crippen molar-refractivity contribution in [2.75, 3.05) is 26.8 Å². The number of methoxy groups -OCH3 is 1. The molecule has 0 radical (unpaired) electrons. The summed E-state index contributed by atoms with van der Waals surface area (Å²) in [7, 11) is 1.72. The molecule has 0 aromatic carbocycles. The Labute approximate surface area is 88.6 Å². The first-order valence-electron chi connectivity index (χ1n) is 5.86. The van der Waals surface area contributed by atoms with Crippen LogP contribution < -0.4 is 10.9 Å². The third-order valence-electron chi connectivity index (χ3n) is 2.21. The Hall–Kier alpha value is -0.120. The van der Waals surface area contributed by atoms with Crippen LogP contribution in [0, 0.1) is 0 Å². The fourth-order valence-corrected chi connectivity index (χ4v) is 1.32. The number of unbranched alkanes of at least 4 members (excludes halogenated alkanes) is 5. The van der Waals surface area contributed by atoms with Crippen LogP contribution in [0.15, 0.2) is 0 Å². The average Bonchev–Trinajstić information content (AvgIpc) is 2.21. The Bertz CT molecular complexity index is 87.3. The first-order chi connectivity index (χ1) is 6.91. The van der Waals surface area contributed by atoms with Gasteiger partial charge in [-0.3, -0.25) is 10.9 Å². The van der Waals surface area contributed by atoms with Gasteiger partial charge in [-0.25, -0.2) is 0 Å². The van der Waals surface area contributed by atoms with Gasteiger partial charge in [-0.15, -0.1) is 0 Å². The van der Waals surface area contributed by atoms with E-state index in [1.54, 1.807) is 7.11 Å². The molecule has 0 bridgehead atoms. The van der Waals surface area contributed by atoms with Crippen LogP contribution in [-0.2, 0) is 4.74 Å². The lowest BCUT2D eigenvalue weighted by atomic mass is 10.1. The van der Waals surface area contributed by atoms with Crippen molar-refractivity contribution in [3.8, 4) is 0 Å². The zero-order valence-corrected chi connectivity index (χ0v) is 9.77. The van der Waals surface area contributed by atoms with Gasteiger partial charge in [0.25, 0.3) is 0 Å². The van der Waals surface area contributed by atoms with Gasteiger partial charge in [-0.05, 0) is 6.42 Å². The SMILES string of the molecule is CCCCCCCCNNCCOC. The third-order valence-corrected chi connectivity index (χ3v) is 2.21. The smallest absolute Gasteiger partial charge is 0.0601 e. The van der Waals surface area contributed by atoms with Crippen molar-refractivity contribution in [1.29, 1.82) is 0 Å². The van der Waals surface area contributed by atoms with Crippen LogP contribution in [-0.4, -0.2) is 26.8 Å². The standard InChI is InChI=1S/C11H26N2O/c1-3-4-5-6-7-8-9-12-13-10-11-14-2/h12-13H,3-11H2,1-2H3. The fourth-order valence-electron chi connectivity index (χ4n) is 1.32. The van der Waals surface area contributed by atoms with Crippen LogP contribution >= 0.6 is 0 Å². The van der Waals surface area contributed by atoms with Crippen molar-refractivity contribution in [2.45, 2.75) is 45.4 Å². The van der Waals surface area contributed by atoms with Gasteiger partial charge in [-0.2, -0.15) is 0 Å². The summed E-state index contributed by atoms with van der Waals surface area (Å²) < 4.78 is 4.91. The van der Waals surface area contributed by atoms with E-state index in [9.17, 15) is 0 Å². The molecule has 0 aromatic heterocycles. The molecule has 86 valence electrons. The summed E-state index contributed by atoms with van der Waals surface area (Å²) >= 11 is 0. The summed E-state index contributed by atoms with van der Waals surface area (Å²) in [5.41, 5.74) is 6.29. The second-order valence-corrected chi connectivity index (χ2v) is 3.61. The molecule has 0 amide bonds. The van der Waals surface area contributed by atoms with Crippen molar-refractivity contribution in [2.24, 2.45) is 0 Å². The lowest BCUT2D eigenvalue weighted by Gasteiger charge is -2.05. The molecule has 0 saturated carbocycles. The quantitative estimate of drug-likeness (QED) is 0.397.